The number of nitrogens with two attached hydrogens (primary N) is 1. The van der Waals surface area contributed by atoms with Crippen LogP contribution in [0, 0.1) is 25.5 Å². The van der Waals surface area contributed by atoms with Crippen molar-refractivity contribution in [2.24, 2.45) is 5.73 Å². The van der Waals surface area contributed by atoms with Gasteiger partial charge in [0.2, 0.25) is 0 Å². The quantitative estimate of drug-likeness (QED) is 0.795. The largest absolute Gasteiger partial charge is 0.330 e. The molecule has 0 unspecified atom stereocenters. The van der Waals surface area contributed by atoms with Crippen molar-refractivity contribution in [3.63, 3.8) is 0 Å². The minimum Gasteiger partial charge on any atom is -0.330 e. The minimum absolute atomic E-state index is 0.174. The van der Waals surface area contributed by atoms with Gasteiger partial charge in [0.05, 0.1) is 0 Å². The number of hydrogen-bond acceptors (Lipinski definition) is 1. The maximum Gasteiger partial charge on any atom is 0.132 e. The SMILES string of the molecule is Cc1cc(C)c(F)c(CCCN)c1F. The van der Waals surface area contributed by atoms with Crippen LogP contribution in [0.4, 0.5) is 8.78 Å². The van der Waals surface area contributed by atoms with E-state index in [9.17, 15) is 8.78 Å². The van der Waals surface area contributed by atoms with Crippen molar-refractivity contribution in [3.05, 3.63) is 34.4 Å². The monoisotopic (exact) mass is 199 g/mol. The highest BCUT2D eigenvalue weighted by Crippen LogP contribution is 2.21. The van der Waals surface area contributed by atoms with Gasteiger partial charge in [-0.2, -0.15) is 0 Å². The Bertz CT molecular complexity index is 308. The Morgan fingerprint density at radius 1 is 1.14 bits per heavy atom. The molecule has 0 aliphatic rings. The maximum atomic E-state index is 13.5. The lowest BCUT2D eigenvalue weighted by Gasteiger charge is -2.09. The Morgan fingerprint density at radius 2 is 1.64 bits per heavy atom. The van der Waals surface area contributed by atoms with Gasteiger partial charge in [-0.15, -0.1) is 0 Å². The van der Waals surface area contributed by atoms with Gasteiger partial charge in [0, 0.05) is 5.56 Å². The highest BCUT2D eigenvalue weighted by atomic mass is 19.1. The molecule has 0 aromatic heterocycles. The van der Waals surface area contributed by atoms with E-state index < -0.39 is 11.6 Å². The Morgan fingerprint density at radius 3 is 2.07 bits per heavy atom. The third kappa shape index (κ3) is 2.10. The molecular weight excluding hydrogens is 184 g/mol. The molecule has 0 fully saturated rings. The predicted molar refractivity (Wildman–Crippen MR) is 53.2 cm³/mol. The van der Waals surface area contributed by atoms with Crippen LogP contribution in [0.15, 0.2) is 6.07 Å². The van der Waals surface area contributed by atoms with Gasteiger partial charge in [-0.05, 0) is 44.4 Å². The average Bonchev–Trinajstić information content (AvgIpc) is 2.15. The number of aryl methyl sites for hydroxylation is 2. The van der Waals surface area contributed by atoms with Crippen LogP contribution in [0.25, 0.3) is 0 Å². The molecule has 3 heteroatoms. The zero-order valence-electron chi connectivity index (χ0n) is 8.53. The van der Waals surface area contributed by atoms with Crippen LogP contribution in [0.5, 0.6) is 0 Å². The van der Waals surface area contributed by atoms with E-state index in [1.165, 1.54) is 6.07 Å². The van der Waals surface area contributed by atoms with Gasteiger partial charge in [-0.3, -0.25) is 0 Å². The lowest BCUT2D eigenvalue weighted by Crippen LogP contribution is -2.05. The summed E-state index contributed by atoms with van der Waals surface area (Å²) in [7, 11) is 0. The van der Waals surface area contributed by atoms with Gasteiger partial charge in [-0.1, -0.05) is 6.07 Å². The highest BCUT2D eigenvalue weighted by molar-refractivity contribution is 5.32. The molecule has 1 rings (SSSR count). The summed E-state index contributed by atoms with van der Waals surface area (Å²) in [4.78, 5) is 0. The fraction of sp³-hybridized carbons (Fsp3) is 0.455. The van der Waals surface area contributed by atoms with E-state index >= 15 is 0 Å². The highest BCUT2D eigenvalue weighted by Gasteiger charge is 2.13. The number of rotatable bonds is 3. The van der Waals surface area contributed by atoms with Crippen LogP contribution in [-0.2, 0) is 6.42 Å². The summed E-state index contributed by atoms with van der Waals surface area (Å²) in [6.07, 6.45) is 0.980. The van der Waals surface area contributed by atoms with Crippen molar-refractivity contribution in [2.45, 2.75) is 26.7 Å². The zero-order chi connectivity index (χ0) is 10.7. The Balaban J connectivity index is 3.11. The molecule has 0 aliphatic heterocycles. The van der Waals surface area contributed by atoms with Crippen molar-refractivity contribution in [2.75, 3.05) is 6.54 Å². The molecule has 2 N–H and O–H groups in total. The molecule has 1 nitrogen and oxygen atoms in total. The summed E-state index contributed by atoms with van der Waals surface area (Å²) in [6, 6.07) is 1.52. The first-order valence-corrected chi connectivity index (χ1v) is 4.72. The van der Waals surface area contributed by atoms with Crippen molar-refractivity contribution < 1.29 is 8.78 Å². The fourth-order valence-electron chi connectivity index (χ4n) is 1.52. The second-order valence-electron chi connectivity index (χ2n) is 3.51. The topological polar surface area (TPSA) is 26.0 Å². The van der Waals surface area contributed by atoms with Gasteiger partial charge in [0.15, 0.2) is 0 Å². The second-order valence-corrected chi connectivity index (χ2v) is 3.51. The van der Waals surface area contributed by atoms with Crippen molar-refractivity contribution in [3.8, 4) is 0 Å². The molecule has 0 amide bonds. The van der Waals surface area contributed by atoms with Crippen LogP contribution in [0.1, 0.15) is 23.1 Å². The van der Waals surface area contributed by atoms with Crippen LogP contribution >= 0.6 is 0 Å². The number of hydrogen-bond donors (Lipinski definition) is 1. The van der Waals surface area contributed by atoms with E-state index in [1.54, 1.807) is 13.8 Å². The van der Waals surface area contributed by atoms with Crippen LogP contribution in [-0.4, -0.2) is 6.54 Å². The second kappa shape index (κ2) is 4.51. The molecular formula is C11H15F2N. The predicted octanol–water partition coefficient (Wildman–Crippen LogP) is 2.47. The van der Waals surface area contributed by atoms with E-state index in [0.717, 1.165) is 0 Å². The molecule has 0 saturated carbocycles. The Hall–Kier alpha value is -0.960. The first-order valence-electron chi connectivity index (χ1n) is 4.72. The molecule has 1 aromatic rings. The van der Waals surface area contributed by atoms with E-state index in [4.69, 9.17) is 5.73 Å². The standard InChI is InChI=1S/C11H15F2N/c1-7-6-8(2)11(13)9(10(7)12)4-3-5-14/h6H,3-5,14H2,1-2H3. The van der Waals surface area contributed by atoms with Gasteiger partial charge in [0.1, 0.15) is 11.6 Å². The van der Waals surface area contributed by atoms with Crippen LogP contribution < -0.4 is 5.73 Å². The van der Waals surface area contributed by atoms with Gasteiger partial charge in [-0.25, -0.2) is 8.78 Å². The van der Waals surface area contributed by atoms with Crippen LogP contribution in [0.3, 0.4) is 0 Å². The van der Waals surface area contributed by atoms with E-state index in [1.807, 2.05) is 0 Å². The molecule has 0 aliphatic carbocycles. The molecule has 0 heterocycles. The maximum absolute atomic E-state index is 13.5. The average molecular weight is 199 g/mol. The molecule has 14 heavy (non-hydrogen) atoms. The minimum atomic E-state index is -0.429. The lowest BCUT2D eigenvalue weighted by atomic mass is 10.0. The summed E-state index contributed by atoms with van der Waals surface area (Å²) in [5.41, 5.74) is 6.47. The lowest BCUT2D eigenvalue weighted by molar-refractivity contribution is 0.540. The first kappa shape index (κ1) is 11.1. The smallest absolute Gasteiger partial charge is 0.132 e. The van der Waals surface area contributed by atoms with E-state index in [2.05, 4.69) is 0 Å². The zero-order valence-corrected chi connectivity index (χ0v) is 8.53. The molecule has 0 saturated heterocycles. The van der Waals surface area contributed by atoms with Gasteiger partial charge < -0.3 is 5.73 Å². The molecule has 0 radical (unpaired) electrons. The molecule has 0 atom stereocenters. The van der Waals surface area contributed by atoms with Gasteiger partial charge >= 0.3 is 0 Å². The van der Waals surface area contributed by atoms with E-state index in [-0.39, 0.29) is 5.56 Å². The first-order chi connectivity index (χ1) is 6.57. The fourth-order valence-corrected chi connectivity index (χ4v) is 1.52. The van der Waals surface area contributed by atoms with Crippen molar-refractivity contribution in [1.82, 2.24) is 0 Å². The van der Waals surface area contributed by atoms with Crippen LogP contribution in [0.2, 0.25) is 0 Å². The molecule has 78 valence electrons. The molecule has 0 spiro atoms. The third-order valence-corrected chi connectivity index (χ3v) is 2.29. The molecule has 1 aromatic carbocycles. The normalized spacial score (nSPS) is 10.6. The Labute approximate surface area is 82.9 Å². The Kier molecular flexibility index (Phi) is 3.58. The van der Waals surface area contributed by atoms with Gasteiger partial charge in [0.25, 0.3) is 0 Å². The molecule has 0 bridgehead atoms. The third-order valence-electron chi connectivity index (χ3n) is 2.29. The summed E-state index contributed by atoms with van der Waals surface area (Å²) >= 11 is 0. The summed E-state index contributed by atoms with van der Waals surface area (Å²) in [6.45, 7) is 3.74. The summed E-state index contributed by atoms with van der Waals surface area (Å²) in [5, 5.41) is 0. The number of benzene rings is 1. The number of halogens is 2. The van der Waals surface area contributed by atoms with E-state index in [0.29, 0.717) is 30.5 Å². The summed E-state index contributed by atoms with van der Waals surface area (Å²) < 4.78 is 27.0. The van der Waals surface area contributed by atoms with Crippen molar-refractivity contribution in [1.29, 1.82) is 0 Å². The summed E-state index contributed by atoms with van der Waals surface area (Å²) in [5.74, 6) is -0.858. The van der Waals surface area contributed by atoms with Crippen molar-refractivity contribution >= 4 is 0 Å².